The van der Waals surface area contributed by atoms with Crippen LogP contribution in [0.1, 0.15) is 32.6 Å². The summed E-state index contributed by atoms with van der Waals surface area (Å²) in [6.45, 7) is 5.59. The summed E-state index contributed by atoms with van der Waals surface area (Å²) in [6, 6.07) is 0. The van der Waals surface area contributed by atoms with Crippen LogP contribution in [0.5, 0.6) is 0 Å². The summed E-state index contributed by atoms with van der Waals surface area (Å²) in [5, 5.41) is 19.2. The van der Waals surface area contributed by atoms with Crippen molar-refractivity contribution in [2.24, 2.45) is 0 Å². The lowest BCUT2D eigenvalue weighted by Gasteiger charge is -2.35. The van der Waals surface area contributed by atoms with Crippen LogP contribution in [0.4, 0.5) is 0 Å². The molecule has 0 radical (unpaired) electrons. The number of aliphatic hydroxyl groups excluding tert-OH is 2. The van der Waals surface area contributed by atoms with E-state index in [2.05, 4.69) is 6.58 Å². The molecule has 1 saturated heterocycles. The fraction of sp³-hybridized carbons (Fsp3) is 0.769. The Labute approximate surface area is 107 Å². The first-order chi connectivity index (χ1) is 8.54. The van der Waals surface area contributed by atoms with E-state index in [0.29, 0.717) is 13.0 Å². The maximum atomic E-state index is 10.7. The summed E-state index contributed by atoms with van der Waals surface area (Å²) in [6.07, 6.45) is 0.904. The lowest BCUT2D eigenvalue weighted by Crippen LogP contribution is -2.48. The highest BCUT2D eigenvalue weighted by atomic mass is 16.7. The molecule has 5 nitrogen and oxygen atoms in total. The number of rotatable bonds is 7. The first kappa shape index (κ1) is 15.3. The van der Waals surface area contributed by atoms with Gasteiger partial charge in [0.15, 0.2) is 6.29 Å². The number of aliphatic hydroxyl groups is 2. The average molecular weight is 258 g/mol. The monoisotopic (exact) mass is 258 g/mol. The van der Waals surface area contributed by atoms with Gasteiger partial charge in [-0.05, 0) is 19.8 Å². The second kappa shape index (κ2) is 7.63. The Bertz CT molecular complexity index is 279. The van der Waals surface area contributed by atoms with Gasteiger partial charge in [-0.15, -0.1) is 6.58 Å². The third-order valence-corrected chi connectivity index (χ3v) is 2.93. The Balaban J connectivity index is 2.22. The van der Waals surface area contributed by atoms with Gasteiger partial charge in [0.1, 0.15) is 18.0 Å². The van der Waals surface area contributed by atoms with Crippen LogP contribution in [0.15, 0.2) is 12.7 Å². The molecule has 2 N–H and O–H groups in total. The Morgan fingerprint density at radius 1 is 1.50 bits per heavy atom. The SMILES string of the molecule is C=C[C@H]1O[C@@H](OCCCCC(C)=O)C[C@@H](O)[C@H]1O. The third-order valence-electron chi connectivity index (χ3n) is 2.93. The van der Waals surface area contributed by atoms with Crippen molar-refractivity contribution in [3.8, 4) is 0 Å². The van der Waals surface area contributed by atoms with Crippen molar-refractivity contribution in [2.45, 2.75) is 57.2 Å². The molecule has 1 heterocycles. The Morgan fingerprint density at radius 2 is 2.22 bits per heavy atom. The topological polar surface area (TPSA) is 76.0 Å². The first-order valence-corrected chi connectivity index (χ1v) is 6.29. The van der Waals surface area contributed by atoms with Crippen LogP contribution in [-0.2, 0) is 14.3 Å². The van der Waals surface area contributed by atoms with Crippen LogP contribution in [0.2, 0.25) is 0 Å². The van der Waals surface area contributed by atoms with E-state index in [9.17, 15) is 15.0 Å². The van der Waals surface area contributed by atoms with Crippen molar-refractivity contribution in [1.82, 2.24) is 0 Å². The van der Waals surface area contributed by atoms with Crippen LogP contribution >= 0.6 is 0 Å². The van der Waals surface area contributed by atoms with E-state index in [1.807, 2.05) is 0 Å². The number of ether oxygens (including phenoxy) is 2. The second-order valence-corrected chi connectivity index (χ2v) is 4.59. The molecular formula is C13H22O5. The molecule has 0 saturated carbocycles. The summed E-state index contributed by atoms with van der Waals surface area (Å²) in [5.74, 6) is 0.175. The molecule has 104 valence electrons. The minimum Gasteiger partial charge on any atom is -0.390 e. The Morgan fingerprint density at radius 3 is 2.83 bits per heavy atom. The van der Waals surface area contributed by atoms with Gasteiger partial charge in [-0.2, -0.15) is 0 Å². The molecule has 0 aromatic carbocycles. The van der Waals surface area contributed by atoms with Crippen LogP contribution in [0.3, 0.4) is 0 Å². The van der Waals surface area contributed by atoms with Gasteiger partial charge < -0.3 is 24.5 Å². The van der Waals surface area contributed by atoms with Gasteiger partial charge in [0.05, 0.1) is 6.10 Å². The second-order valence-electron chi connectivity index (χ2n) is 4.59. The van der Waals surface area contributed by atoms with Crippen molar-refractivity contribution >= 4 is 5.78 Å². The van der Waals surface area contributed by atoms with Crippen LogP contribution in [-0.4, -0.2) is 47.2 Å². The molecule has 0 amide bonds. The molecule has 1 rings (SSSR count). The zero-order chi connectivity index (χ0) is 13.5. The zero-order valence-electron chi connectivity index (χ0n) is 10.7. The number of Topliss-reactive ketones (excluding diaryl/α,β-unsaturated/α-hetero) is 1. The molecule has 0 aromatic heterocycles. The molecular weight excluding hydrogens is 236 g/mol. The lowest BCUT2D eigenvalue weighted by molar-refractivity contribution is -0.238. The lowest BCUT2D eigenvalue weighted by atomic mass is 10.0. The van der Waals surface area contributed by atoms with Crippen LogP contribution in [0.25, 0.3) is 0 Å². The van der Waals surface area contributed by atoms with Crippen LogP contribution in [0, 0.1) is 0 Å². The highest BCUT2D eigenvalue weighted by molar-refractivity contribution is 5.75. The highest BCUT2D eigenvalue weighted by Crippen LogP contribution is 2.22. The van der Waals surface area contributed by atoms with E-state index < -0.39 is 24.6 Å². The van der Waals surface area contributed by atoms with Crippen molar-refractivity contribution in [3.05, 3.63) is 12.7 Å². The first-order valence-electron chi connectivity index (χ1n) is 6.29. The Hall–Kier alpha value is -0.750. The molecule has 4 atom stereocenters. The maximum absolute atomic E-state index is 10.7. The van der Waals surface area contributed by atoms with Gasteiger partial charge in [0.2, 0.25) is 0 Å². The smallest absolute Gasteiger partial charge is 0.161 e. The van der Waals surface area contributed by atoms with Gasteiger partial charge in [0.25, 0.3) is 0 Å². The molecule has 0 bridgehead atoms. The standard InChI is InChI=1S/C13H22O5/c1-3-11-13(16)10(15)8-12(18-11)17-7-5-4-6-9(2)14/h3,10-13,15-16H,1,4-8H2,2H3/t10-,11-,12-,13-/m1/s1. The van der Waals surface area contributed by atoms with Gasteiger partial charge in [-0.1, -0.05) is 6.08 Å². The third kappa shape index (κ3) is 4.86. The van der Waals surface area contributed by atoms with E-state index in [4.69, 9.17) is 9.47 Å². The minimum atomic E-state index is -0.944. The van der Waals surface area contributed by atoms with Crippen molar-refractivity contribution in [3.63, 3.8) is 0 Å². The van der Waals surface area contributed by atoms with Crippen molar-refractivity contribution in [1.29, 1.82) is 0 Å². The molecule has 1 fully saturated rings. The molecule has 0 unspecified atom stereocenters. The summed E-state index contributed by atoms with van der Waals surface area (Å²) < 4.78 is 10.9. The molecule has 1 aliphatic rings. The van der Waals surface area contributed by atoms with E-state index in [1.165, 1.54) is 6.08 Å². The molecule has 0 spiro atoms. The van der Waals surface area contributed by atoms with Gasteiger partial charge in [-0.3, -0.25) is 0 Å². The molecule has 5 heteroatoms. The predicted octanol–water partition coefficient (Wildman–Crippen LogP) is 0.785. The number of carbonyl (C=O) groups is 1. The Kier molecular flexibility index (Phi) is 6.49. The van der Waals surface area contributed by atoms with E-state index in [-0.39, 0.29) is 12.2 Å². The zero-order valence-corrected chi connectivity index (χ0v) is 10.7. The number of carbonyl (C=O) groups excluding carboxylic acids is 1. The maximum Gasteiger partial charge on any atom is 0.161 e. The molecule has 18 heavy (non-hydrogen) atoms. The normalized spacial score (nSPS) is 32.2. The predicted molar refractivity (Wildman–Crippen MR) is 66.0 cm³/mol. The number of hydrogen-bond donors (Lipinski definition) is 2. The van der Waals surface area contributed by atoms with Crippen molar-refractivity contribution < 1.29 is 24.5 Å². The summed E-state index contributed by atoms with van der Waals surface area (Å²) >= 11 is 0. The van der Waals surface area contributed by atoms with Gasteiger partial charge in [0, 0.05) is 19.4 Å². The van der Waals surface area contributed by atoms with E-state index in [1.54, 1.807) is 6.92 Å². The summed E-state index contributed by atoms with van der Waals surface area (Å²) in [5.41, 5.74) is 0. The van der Waals surface area contributed by atoms with Gasteiger partial charge in [-0.25, -0.2) is 0 Å². The van der Waals surface area contributed by atoms with Gasteiger partial charge >= 0.3 is 0 Å². The highest BCUT2D eigenvalue weighted by Gasteiger charge is 2.35. The largest absolute Gasteiger partial charge is 0.390 e. The minimum absolute atomic E-state index is 0.175. The fourth-order valence-electron chi connectivity index (χ4n) is 1.86. The number of unbranched alkanes of at least 4 members (excludes halogenated alkanes) is 1. The molecule has 0 aliphatic carbocycles. The fourth-order valence-corrected chi connectivity index (χ4v) is 1.86. The average Bonchev–Trinajstić information content (AvgIpc) is 2.32. The summed E-state index contributed by atoms with van der Waals surface area (Å²) in [7, 11) is 0. The molecule has 0 aromatic rings. The van der Waals surface area contributed by atoms with Crippen LogP contribution < -0.4 is 0 Å². The summed E-state index contributed by atoms with van der Waals surface area (Å²) in [4.78, 5) is 10.7. The van der Waals surface area contributed by atoms with E-state index in [0.717, 1.165) is 12.8 Å². The number of hydrogen-bond acceptors (Lipinski definition) is 5. The number of ketones is 1. The quantitative estimate of drug-likeness (QED) is 0.521. The van der Waals surface area contributed by atoms with Crippen molar-refractivity contribution in [2.75, 3.05) is 6.61 Å². The molecule has 1 aliphatic heterocycles. The van der Waals surface area contributed by atoms with E-state index >= 15 is 0 Å².